The molecule has 2 aromatic carbocycles. The van der Waals surface area contributed by atoms with Gasteiger partial charge in [0.25, 0.3) is 0 Å². The average Bonchev–Trinajstić information content (AvgIpc) is 2.57. The number of hydrogen-bond donors (Lipinski definition) is 2. The van der Waals surface area contributed by atoms with Gasteiger partial charge in [0.1, 0.15) is 16.9 Å². The monoisotopic (exact) mass is 424 g/mol. The van der Waals surface area contributed by atoms with Crippen LogP contribution in [-0.4, -0.2) is 22.2 Å². The fourth-order valence-electron chi connectivity index (χ4n) is 2.55. The normalized spacial score (nSPS) is 11.6. The number of aromatic hydroxyl groups is 1. The first-order valence-corrected chi connectivity index (χ1v) is 9.40. The number of hydrogen-bond acceptors (Lipinski definition) is 4. The van der Waals surface area contributed by atoms with Crippen LogP contribution in [0.25, 0.3) is 0 Å². The first-order chi connectivity index (χ1) is 12.8. The molecule has 0 aliphatic rings. The van der Waals surface area contributed by atoms with Crippen LogP contribution in [0.5, 0.6) is 11.5 Å². The fourth-order valence-corrected chi connectivity index (χ4v) is 3.03. The van der Waals surface area contributed by atoms with Gasteiger partial charge in [-0.3, -0.25) is 0 Å². The molecule has 28 heavy (non-hydrogen) atoms. The SMILES string of the molecule is CC(C)c1cc(Cl)c(OC(=O)c2cc(C(C)(C)C)cc(Cl)c2O)c(C(=O)O)c1. The van der Waals surface area contributed by atoms with Gasteiger partial charge in [-0.25, -0.2) is 9.59 Å². The zero-order chi connectivity index (χ0) is 21.4. The van der Waals surface area contributed by atoms with Crippen LogP contribution in [0.3, 0.4) is 0 Å². The number of phenols is 1. The minimum Gasteiger partial charge on any atom is -0.505 e. The van der Waals surface area contributed by atoms with E-state index in [1.807, 2.05) is 34.6 Å². The number of carboxylic acid groups (broad SMARTS) is 1. The number of carboxylic acids is 1. The maximum Gasteiger partial charge on any atom is 0.347 e. The predicted molar refractivity (Wildman–Crippen MR) is 109 cm³/mol. The highest BCUT2D eigenvalue weighted by Crippen LogP contribution is 2.37. The molecule has 2 rings (SSSR count). The molecule has 0 saturated carbocycles. The zero-order valence-corrected chi connectivity index (χ0v) is 17.8. The number of esters is 1. The Bertz CT molecular complexity index is 943. The number of rotatable bonds is 4. The first kappa shape index (κ1) is 22.1. The molecule has 0 heterocycles. The number of ether oxygens (including phenoxy) is 1. The van der Waals surface area contributed by atoms with Gasteiger partial charge in [0.05, 0.1) is 10.0 Å². The highest BCUT2D eigenvalue weighted by molar-refractivity contribution is 6.33. The van der Waals surface area contributed by atoms with Crippen LogP contribution >= 0.6 is 23.2 Å². The van der Waals surface area contributed by atoms with E-state index in [1.54, 1.807) is 12.1 Å². The quantitative estimate of drug-likeness (QED) is 0.461. The summed E-state index contributed by atoms with van der Waals surface area (Å²) in [4.78, 5) is 24.4. The van der Waals surface area contributed by atoms with Crippen LogP contribution < -0.4 is 4.74 Å². The molecule has 2 aromatic rings. The zero-order valence-electron chi connectivity index (χ0n) is 16.3. The Morgan fingerprint density at radius 3 is 2.11 bits per heavy atom. The Balaban J connectivity index is 2.54. The van der Waals surface area contributed by atoms with Crippen LogP contribution in [0.1, 0.15) is 72.4 Å². The van der Waals surface area contributed by atoms with Crippen LogP contribution in [0.2, 0.25) is 10.0 Å². The molecular formula is C21H22Cl2O5. The molecule has 2 N–H and O–H groups in total. The van der Waals surface area contributed by atoms with Crippen molar-refractivity contribution in [2.24, 2.45) is 0 Å². The molecule has 0 atom stereocenters. The Morgan fingerprint density at radius 1 is 1.00 bits per heavy atom. The summed E-state index contributed by atoms with van der Waals surface area (Å²) >= 11 is 12.3. The van der Waals surface area contributed by atoms with Crippen molar-refractivity contribution in [3.8, 4) is 11.5 Å². The van der Waals surface area contributed by atoms with Crippen molar-refractivity contribution in [1.82, 2.24) is 0 Å². The molecule has 0 aliphatic carbocycles. The number of halogens is 2. The lowest BCUT2D eigenvalue weighted by Gasteiger charge is -2.21. The number of benzene rings is 2. The van der Waals surface area contributed by atoms with E-state index in [0.29, 0.717) is 11.1 Å². The van der Waals surface area contributed by atoms with E-state index in [9.17, 15) is 19.8 Å². The van der Waals surface area contributed by atoms with E-state index >= 15 is 0 Å². The summed E-state index contributed by atoms with van der Waals surface area (Å²) in [5, 5.41) is 19.7. The van der Waals surface area contributed by atoms with Gasteiger partial charge in [0, 0.05) is 0 Å². The van der Waals surface area contributed by atoms with Crippen molar-refractivity contribution in [1.29, 1.82) is 0 Å². The topological polar surface area (TPSA) is 83.8 Å². The molecule has 0 spiro atoms. The highest BCUT2D eigenvalue weighted by Gasteiger charge is 2.26. The second-order valence-electron chi connectivity index (χ2n) is 7.83. The van der Waals surface area contributed by atoms with Crippen LogP contribution in [0.15, 0.2) is 24.3 Å². The largest absolute Gasteiger partial charge is 0.505 e. The molecule has 150 valence electrons. The van der Waals surface area contributed by atoms with Crippen molar-refractivity contribution in [2.45, 2.75) is 46.0 Å². The van der Waals surface area contributed by atoms with E-state index in [1.165, 1.54) is 12.1 Å². The highest BCUT2D eigenvalue weighted by atomic mass is 35.5. The second kappa shape index (κ2) is 8.02. The molecule has 0 aliphatic heterocycles. The average molecular weight is 425 g/mol. The van der Waals surface area contributed by atoms with Crippen molar-refractivity contribution < 1.29 is 24.5 Å². The minimum absolute atomic E-state index is 0.000847. The molecule has 0 bridgehead atoms. The maximum atomic E-state index is 12.7. The third-order valence-corrected chi connectivity index (χ3v) is 4.88. The molecule has 0 unspecified atom stereocenters. The first-order valence-electron chi connectivity index (χ1n) is 8.64. The van der Waals surface area contributed by atoms with E-state index < -0.39 is 17.7 Å². The molecule has 7 heteroatoms. The van der Waals surface area contributed by atoms with Gasteiger partial charge in [-0.05, 0) is 46.7 Å². The molecule has 0 saturated heterocycles. The standard InChI is InChI=1S/C21H22Cl2O5/c1-10(2)11-6-14(19(25)26)18(16(23)7-11)28-20(27)13-8-12(21(3,4)5)9-15(22)17(13)24/h6-10,24H,1-5H3,(H,25,26). The number of aromatic carboxylic acids is 1. The number of carbonyl (C=O) groups excluding carboxylic acids is 1. The molecule has 5 nitrogen and oxygen atoms in total. The summed E-state index contributed by atoms with van der Waals surface area (Å²) in [5.74, 6) is -2.91. The van der Waals surface area contributed by atoms with Gasteiger partial charge in [-0.1, -0.05) is 57.8 Å². The van der Waals surface area contributed by atoms with Gasteiger partial charge >= 0.3 is 11.9 Å². The molecule has 0 fully saturated rings. The minimum atomic E-state index is -1.28. The van der Waals surface area contributed by atoms with Crippen molar-refractivity contribution in [3.05, 3.63) is 56.6 Å². The molecule has 0 amide bonds. The van der Waals surface area contributed by atoms with Crippen LogP contribution in [0.4, 0.5) is 0 Å². The summed E-state index contributed by atoms with van der Waals surface area (Å²) in [7, 11) is 0. The molecule has 0 aromatic heterocycles. The summed E-state index contributed by atoms with van der Waals surface area (Å²) in [6, 6.07) is 6.01. The van der Waals surface area contributed by atoms with Gasteiger partial charge in [0.2, 0.25) is 0 Å². The second-order valence-corrected chi connectivity index (χ2v) is 8.65. The van der Waals surface area contributed by atoms with Crippen molar-refractivity contribution in [3.63, 3.8) is 0 Å². The Morgan fingerprint density at radius 2 is 1.61 bits per heavy atom. The molecule has 0 radical (unpaired) electrons. The molecular weight excluding hydrogens is 403 g/mol. The van der Waals surface area contributed by atoms with E-state index in [2.05, 4.69) is 0 Å². The van der Waals surface area contributed by atoms with Gasteiger partial charge in [0.15, 0.2) is 5.75 Å². The summed E-state index contributed by atoms with van der Waals surface area (Å²) in [6.07, 6.45) is 0. The predicted octanol–water partition coefficient (Wildman–Crippen LogP) is 6.04. The van der Waals surface area contributed by atoms with Gasteiger partial charge < -0.3 is 14.9 Å². The third-order valence-electron chi connectivity index (χ3n) is 4.31. The Hall–Kier alpha value is -2.24. The van der Waals surface area contributed by atoms with Crippen molar-refractivity contribution in [2.75, 3.05) is 0 Å². The summed E-state index contributed by atoms with van der Waals surface area (Å²) < 4.78 is 5.29. The fraction of sp³-hybridized carbons (Fsp3) is 0.333. The third kappa shape index (κ3) is 4.59. The lowest BCUT2D eigenvalue weighted by Crippen LogP contribution is -2.16. The summed E-state index contributed by atoms with van der Waals surface area (Å²) in [6.45, 7) is 9.56. The van der Waals surface area contributed by atoms with E-state index in [4.69, 9.17) is 27.9 Å². The smallest absolute Gasteiger partial charge is 0.347 e. The summed E-state index contributed by atoms with van der Waals surface area (Å²) in [5.41, 5.74) is 0.666. The van der Waals surface area contributed by atoms with Gasteiger partial charge in [-0.2, -0.15) is 0 Å². The lowest BCUT2D eigenvalue weighted by atomic mass is 9.86. The maximum absolute atomic E-state index is 12.7. The van der Waals surface area contributed by atoms with Crippen LogP contribution in [-0.2, 0) is 5.41 Å². The van der Waals surface area contributed by atoms with Crippen molar-refractivity contribution >= 4 is 35.1 Å². The Labute approximate surface area is 173 Å². The van der Waals surface area contributed by atoms with E-state index in [-0.39, 0.29) is 38.3 Å². The number of carbonyl (C=O) groups is 2. The van der Waals surface area contributed by atoms with E-state index in [0.717, 1.165) is 0 Å². The van der Waals surface area contributed by atoms with Crippen LogP contribution in [0, 0.1) is 0 Å². The Kier molecular flexibility index (Phi) is 6.31. The lowest BCUT2D eigenvalue weighted by molar-refractivity contribution is 0.0681. The number of phenolic OH excluding ortho intramolecular Hbond substituents is 1. The van der Waals surface area contributed by atoms with Gasteiger partial charge in [-0.15, -0.1) is 0 Å².